The highest BCUT2D eigenvalue weighted by Gasteiger charge is 2.31. The zero-order chi connectivity index (χ0) is 13.1. The van der Waals surface area contributed by atoms with Crippen LogP contribution in [0.15, 0.2) is 0 Å². The quantitative estimate of drug-likeness (QED) is 0.820. The largest absolute Gasteiger partial charge is 0.341 e. The van der Waals surface area contributed by atoms with E-state index in [2.05, 4.69) is 27.7 Å². The van der Waals surface area contributed by atoms with E-state index in [4.69, 9.17) is 5.73 Å². The molecule has 0 aromatic heterocycles. The first-order chi connectivity index (χ1) is 7.88. The van der Waals surface area contributed by atoms with E-state index >= 15 is 0 Å². The van der Waals surface area contributed by atoms with Crippen molar-refractivity contribution in [3.05, 3.63) is 0 Å². The molecule has 1 aliphatic rings. The Bertz CT molecular complexity index is 255. The number of rotatable bonds is 4. The minimum absolute atomic E-state index is 0.150. The summed E-state index contributed by atoms with van der Waals surface area (Å²) in [4.78, 5) is 14.1. The van der Waals surface area contributed by atoms with Crippen LogP contribution in [0.5, 0.6) is 0 Å². The number of piperidine rings is 1. The molecule has 1 saturated heterocycles. The summed E-state index contributed by atoms with van der Waals surface area (Å²) in [7, 11) is 0. The highest BCUT2D eigenvalue weighted by atomic mass is 16.2. The predicted molar refractivity (Wildman–Crippen MR) is 71.6 cm³/mol. The summed E-state index contributed by atoms with van der Waals surface area (Å²) in [5, 5.41) is 0. The molecule has 1 unspecified atom stereocenters. The summed E-state index contributed by atoms with van der Waals surface area (Å²) in [6.45, 7) is 10.5. The van der Waals surface area contributed by atoms with Gasteiger partial charge in [-0.15, -0.1) is 0 Å². The lowest BCUT2D eigenvalue weighted by Gasteiger charge is -2.39. The topological polar surface area (TPSA) is 46.3 Å². The molecule has 100 valence electrons. The first-order valence-electron chi connectivity index (χ1n) is 6.92. The molecule has 1 heterocycles. The zero-order valence-corrected chi connectivity index (χ0v) is 11.8. The number of amides is 1. The maximum absolute atomic E-state index is 12.1. The number of nitrogens with two attached hydrogens (primary N) is 1. The lowest BCUT2D eigenvalue weighted by Crippen LogP contribution is -2.49. The van der Waals surface area contributed by atoms with Crippen LogP contribution >= 0.6 is 0 Å². The van der Waals surface area contributed by atoms with Gasteiger partial charge in [0.25, 0.3) is 0 Å². The second-order valence-corrected chi connectivity index (χ2v) is 6.23. The van der Waals surface area contributed by atoms with Crippen molar-refractivity contribution in [1.82, 2.24) is 4.90 Å². The molecule has 0 radical (unpaired) electrons. The van der Waals surface area contributed by atoms with E-state index in [1.165, 1.54) is 6.42 Å². The Kier molecular flexibility index (Phi) is 4.99. The van der Waals surface area contributed by atoms with E-state index in [9.17, 15) is 4.79 Å². The van der Waals surface area contributed by atoms with Gasteiger partial charge in [0.05, 0.1) is 6.04 Å². The van der Waals surface area contributed by atoms with Gasteiger partial charge in [-0.05, 0) is 30.6 Å². The molecular formula is C14H28N2O. The van der Waals surface area contributed by atoms with Crippen LogP contribution in [-0.4, -0.2) is 29.9 Å². The lowest BCUT2D eigenvalue weighted by atomic mass is 9.78. The summed E-state index contributed by atoms with van der Waals surface area (Å²) in [6.07, 6.45) is 4.22. The number of carbonyl (C=O) groups excluding carboxylic acids is 1. The van der Waals surface area contributed by atoms with Gasteiger partial charge >= 0.3 is 0 Å². The Morgan fingerprint density at radius 3 is 2.29 bits per heavy atom. The fraction of sp³-hybridized carbons (Fsp3) is 0.929. The van der Waals surface area contributed by atoms with Crippen molar-refractivity contribution < 1.29 is 4.79 Å². The lowest BCUT2D eigenvalue weighted by molar-refractivity contribution is -0.135. The molecule has 0 aliphatic carbocycles. The van der Waals surface area contributed by atoms with E-state index in [1.807, 2.05) is 4.90 Å². The van der Waals surface area contributed by atoms with Crippen LogP contribution in [0.1, 0.15) is 53.4 Å². The van der Waals surface area contributed by atoms with Gasteiger partial charge in [0, 0.05) is 13.1 Å². The fourth-order valence-corrected chi connectivity index (χ4v) is 2.46. The molecule has 0 bridgehead atoms. The van der Waals surface area contributed by atoms with Crippen LogP contribution in [0.2, 0.25) is 0 Å². The number of nitrogens with zero attached hydrogens (tertiary/aromatic N) is 1. The highest BCUT2D eigenvalue weighted by molar-refractivity contribution is 5.81. The maximum Gasteiger partial charge on any atom is 0.239 e. The van der Waals surface area contributed by atoms with Crippen molar-refractivity contribution in [3.8, 4) is 0 Å². The first-order valence-corrected chi connectivity index (χ1v) is 6.92. The second-order valence-electron chi connectivity index (χ2n) is 6.23. The second kappa shape index (κ2) is 5.85. The van der Waals surface area contributed by atoms with Gasteiger partial charge in [-0.3, -0.25) is 4.79 Å². The van der Waals surface area contributed by atoms with Crippen LogP contribution in [0.25, 0.3) is 0 Å². The number of hydrogen-bond donors (Lipinski definition) is 1. The molecule has 0 spiro atoms. The minimum atomic E-state index is -0.305. The van der Waals surface area contributed by atoms with Gasteiger partial charge in [-0.25, -0.2) is 0 Å². The molecule has 0 aromatic carbocycles. The predicted octanol–water partition coefficient (Wildman–Crippen LogP) is 2.40. The number of likely N-dealkylation sites (tertiary alicyclic amines) is 1. The smallest absolute Gasteiger partial charge is 0.239 e. The van der Waals surface area contributed by atoms with Crippen LogP contribution in [-0.2, 0) is 4.79 Å². The Hall–Kier alpha value is -0.570. The molecule has 2 N–H and O–H groups in total. The molecule has 1 aliphatic heterocycles. The molecule has 1 amide bonds. The van der Waals surface area contributed by atoms with E-state index in [-0.39, 0.29) is 11.9 Å². The maximum atomic E-state index is 12.1. The van der Waals surface area contributed by atoms with Gasteiger partial charge in [-0.1, -0.05) is 34.1 Å². The molecule has 3 nitrogen and oxygen atoms in total. The monoisotopic (exact) mass is 240 g/mol. The zero-order valence-electron chi connectivity index (χ0n) is 11.8. The molecule has 1 atom stereocenters. The highest BCUT2D eigenvalue weighted by Crippen LogP contribution is 2.34. The van der Waals surface area contributed by atoms with E-state index < -0.39 is 0 Å². The van der Waals surface area contributed by atoms with Gasteiger partial charge in [-0.2, -0.15) is 0 Å². The van der Waals surface area contributed by atoms with Crippen molar-refractivity contribution in [1.29, 1.82) is 0 Å². The van der Waals surface area contributed by atoms with Crippen LogP contribution in [0.3, 0.4) is 0 Å². The standard InChI is InChI=1S/C14H28N2O/c1-5-14(4)6-8-16(9-7-14)13(17)12(15)10-11(2)3/h11-12H,5-10,15H2,1-4H3. The van der Waals surface area contributed by atoms with Crippen molar-refractivity contribution >= 4 is 5.91 Å². The van der Waals surface area contributed by atoms with Gasteiger partial charge in [0.2, 0.25) is 5.91 Å². The van der Waals surface area contributed by atoms with Gasteiger partial charge < -0.3 is 10.6 Å². The van der Waals surface area contributed by atoms with Crippen LogP contribution in [0.4, 0.5) is 0 Å². The Morgan fingerprint density at radius 1 is 1.35 bits per heavy atom. The van der Waals surface area contributed by atoms with E-state index in [1.54, 1.807) is 0 Å². The minimum Gasteiger partial charge on any atom is -0.341 e. The van der Waals surface area contributed by atoms with E-state index in [0.29, 0.717) is 11.3 Å². The number of carbonyl (C=O) groups is 1. The van der Waals surface area contributed by atoms with Crippen LogP contribution in [0, 0.1) is 11.3 Å². The summed E-state index contributed by atoms with van der Waals surface area (Å²) in [5.41, 5.74) is 6.39. The van der Waals surface area contributed by atoms with Crippen molar-refractivity contribution in [2.24, 2.45) is 17.1 Å². The average Bonchev–Trinajstić information content (AvgIpc) is 2.28. The molecule has 0 saturated carbocycles. The number of hydrogen-bond acceptors (Lipinski definition) is 2. The SMILES string of the molecule is CCC1(C)CCN(C(=O)C(N)CC(C)C)CC1. The van der Waals surface area contributed by atoms with Gasteiger partial charge in [0.1, 0.15) is 0 Å². The Labute approximate surface area is 106 Å². The third-order valence-corrected chi connectivity index (χ3v) is 4.18. The fourth-order valence-electron chi connectivity index (χ4n) is 2.46. The Balaban J connectivity index is 2.46. The van der Waals surface area contributed by atoms with Gasteiger partial charge in [0.15, 0.2) is 0 Å². The molecule has 1 fully saturated rings. The van der Waals surface area contributed by atoms with Crippen molar-refractivity contribution in [3.63, 3.8) is 0 Å². The summed E-state index contributed by atoms with van der Waals surface area (Å²) in [5.74, 6) is 0.636. The van der Waals surface area contributed by atoms with Crippen molar-refractivity contribution in [2.45, 2.75) is 59.4 Å². The summed E-state index contributed by atoms with van der Waals surface area (Å²) >= 11 is 0. The average molecular weight is 240 g/mol. The first kappa shape index (κ1) is 14.5. The molecule has 0 aromatic rings. The third kappa shape index (κ3) is 3.98. The Morgan fingerprint density at radius 2 is 1.88 bits per heavy atom. The summed E-state index contributed by atoms with van der Waals surface area (Å²) in [6, 6.07) is -0.305. The van der Waals surface area contributed by atoms with Crippen LogP contribution < -0.4 is 5.73 Å². The molecule has 17 heavy (non-hydrogen) atoms. The molecule has 1 rings (SSSR count). The van der Waals surface area contributed by atoms with Crippen molar-refractivity contribution in [2.75, 3.05) is 13.1 Å². The normalized spacial score (nSPS) is 21.6. The summed E-state index contributed by atoms with van der Waals surface area (Å²) < 4.78 is 0. The molecule has 3 heteroatoms. The third-order valence-electron chi connectivity index (χ3n) is 4.18. The van der Waals surface area contributed by atoms with E-state index in [0.717, 1.165) is 32.4 Å². The molecular weight excluding hydrogens is 212 g/mol.